The van der Waals surface area contributed by atoms with E-state index in [4.69, 9.17) is 17.3 Å². The van der Waals surface area contributed by atoms with Crippen molar-refractivity contribution >= 4 is 24.0 Å². The third-order valence-electron chi connectivity index (χ3n) is 1.86. The monoisotopic (exact) mass is 241 g/mol. The predicted molar refractivity (Wildman–Crippen MR) is 56.3 cm³/mol. The van der Waals surface area contributed by atoms with Crippen LogP contribution in [0.15, 0.2) is 12.1 Å². The fourth-order valence-electron chi connectivity index (χ4n) is 1.10. The van der Waals surface area contributed by atoms with E-state index in [0.29, 0.717) is 5.56 Å². The average Bonchev–Trinajstić information content (AvgIpc) is 2.12. The van der Waals surface area contributed by atoms with Crippen LogP contribution < -0.4 is 5.73 Å². The molecule has 0 bridgehead atoms. The van der Waals surface area contributed by atoms with Crippen molar-refractivity contribution in [3.05, 3.63) is 34.1 Å². The lowest BCUT2D eigenvalue weighted by Crippen LogP contribution is -2.15. The van der Waals surface area contributed by atoms with E-state index in [2.05, 4.69) is 0 Å². The molecule has 1 rings (SSSR count). The molecule has 0 spiro atoms. The van der Waals surface area contributed by atoms with Crippen LogP contribution in [0.1, 0.15) is 17.2 Å². The van der Waals surface area contributed by atoms with Gasteiger partial charge in [-0.1, -0.05) is 17.7 Å². The van der Waals surface area contributed by atoms with Crippen molar-refractivity contribution in [1.82, 2.24) is 0 Å². The maximum atomic E-state index is 13.4. The average molecular weight is 242 g/mol. The van der Waals surface area contributed by atoms with E-state index < -0.39 is 18.5 Å². The molecule has 0 heterocycles. The fourth-order valence-corrected chi connectivity index (χ4v) is 1.38. The first-order valence-corrected chi connectivity index (χ1v) is 4.21. The number of aryl methyl sites for hydroxylation is 1. The highest BCUT2D eigenvalue weighted by atomic mass is 35.5. The number of nitrogens with two attached hydrogens (primary N) is 1. The highest BCUT2D eigenvalue weighted by Crippen LogP contribution is 2.26. The van der Waals surface area contributed by atoms with E-state index in [1.165, 1.54) is 12.1 Å². The molecule has 0 amide bonds. The van der Waals surface area contributed by atoms with Gasteiger partial charge in [-0.3, -0.25) is 0 Å². The van der Waals surface area contributed by atoms with Gasteiger partial charge in [0.15, 0.2) is 0 Å². The zero-order valence-electron chi connectivity index (χ0n) is 7.56. The van der Waals surface area contributed by atoms with Crippen molar-refractivity contribution in [3.8, 4) is 0 Å². The van der Waals surface area contributed by atoms with Gasteiger partial charge >= 0.3 is 0 Å². The molecule has 0 aliphatic rings. The predicted octanol–water partition coefficient (Wildman–Crippen LogP) is 3.18. The molecule has 1 aromatic carbocycles. The van der Waals surface area contributed by atoms with Crippen molar-refractivity contribution in [1.29, 1.82) is 0 Å². The maximum Gasteiger partial charge on any atom is 0.132 e. The summed E-state index contributed by atoms with van der Waals surface area (Å²) < 4.78 is 25.6. The van der Waals surface area contributed by atoms with Crippen molar-refractivity contribution in [3.63, 3.8) is 0 Å². The van der Waals surface area contributed by atoms with Gasteiger partial charge in [-0.05, 0) is 18.6 Å². The number of rotatable bonds is 2. The van der Waals surface area contributed by atoms with Crippen LogP contribution in [-0.4, -0.2) is 6.67 Å². The smallest absolute Gasteiger partial charge is 0.132 e. The normalized spacial score (nSPS) is 12.1. The molecule has 14 heavy (non-hydrogen) atoms. The third kappa shape index (κ3) is 2.56. The maximum absolute atomic E-state index is 13.4. The quantitative estimate of drug-likeness (QED) is 0.846. The number of alkyl halides is 1. The molecule has 5 heteroatoms. The second-order valence-corrected chi connectivity index (χ2v) is 3.26. The van der Waals surface area contributed by atoms with Gasteiger partial charge in [-0.15, -0.1) is 12.4 Å². The lowest BCUT2D eigenvalue weighted by atomic mass is 10.0. The van der Waals surface area contributed by atoms with Gasteiger partial charge in [0.1, 0.15) is 12.5 Å². The van der Waals surface area contributed by atoms with Gasteiger partial charge in [0.2, 0.25) is 0 Å². The standard InChI is InChI=1S/C9H10ClF2N.ClH/c1-5-2-3-6(10)8(9(5)12)7(13)4-11;/h2-3,7H,4,13H2,1H3;1H/t7-;/m0./s1. The van der Waals surface area contributed by atoms with Crippen LogP contribution in [0.4, 0.5) is 8.78 Å². The molecule has 0 radical (unpaired) electrons. The molecule has 0 unspecified atom stereocenters. The minimum absolute atomic E-state index is 0. The van der Waals surface area contributed by atoms with Crippen LogP contribution in [0, 0.1) is 12.7 Å². The molecule has 0 aliphatic carbocycles. The topological polar surface area (TPSA) is 26.0 Å². The summed E-state index contributed by atoms with van der Waals surface area (Å²) in [6.07, 6.45) is 0. The van der Waals surface area contributed by atoms with Gasteiger partial charge in [-0.2, -0.15) is 0 Å². The molecule has 0 fully saturated rings. The largest absolute Gasteiger partial charge is 0.322 e. The van der Waals surface area contributed by atoms with Crippen LogP contribution >= 0.6 is 24.0 Å². The highest BCUT2D eigenvalue weighted by Gasteiger charge is 2.16. The summed E-state index contributed by atoms with van der Waals surface area (Å²) >= 11 is 5.69. The van der Waals surface area contributed by atoms with Crippen molar-refractivity contribution in [2.24, 2.45) is 5.73 Å². The molecule has 1 nitrogen and oxygen atoms in total. The second kappa shape index (κ2) is 5.49. The van der Waals surface area contributed by atoms with Gasteiger partial charge < -0.3 is 5.73 Å². The first kappa shape index (κ1) is 13.6. The minimum Gasteiger partial charge on any atom is -0.322 e. The van der Waals surface area contributed by atoms with E-state index in [9.17, 15) is 8.78 Å². The number of hydrogen-bond acceptors (Lipinski definition) is 1. The van der Waals surface area contributed by atoms with Crippen LogP contribution in [0.5, 0.6) is 0 Å². The second-order valence-electron chi connectivity index (χ2n) is 2.85. The molecular weight excluding hydrogens is 231 g/mol. The Morgan fingerprint density at radius 2 is 2.07 bits per heavy atom. The van der Waals surface area contributed by atoms with Crippen molar-refractivity contribution in [2.45, 2.75) is 13.0 Å². The van der Waals surface area contributed by atoms with Gasteiger partial charge in [0.25, 0.3) is 0 Å². The van der Waals surface area contributed by atoms with E-state index in [-0.39, 0.29) is 23.0 Å². The molecule has 2 N–H and O–H groups in total. The molecule has 1 atom stereocenters. The number of benzene rings is 1. The molecule has 0 aromatic heterocycles. The SMILES string of the molecule is Cc1ccc(Cl)c([C@@H](N)CF)c1F.Cl. The van der Waals surface area contributed by atoms with Crippen LogP contribution in [-0.2, 0) is 0 Å². The Kier molecular flexibility index (Phi) is 5.34. The third-order valence-corrected chi connectivity index (χ3v) is 2.19. The number of hydrogen-bond donors (Lipinski definition) is 1. The Morgan fingerprint density at radius 1 is 1.50 bits per heavy atom. The first-order valence-electron chi connectivity index (χ1n) is 3.84. The highest BCUT2D eigenvalue weighted by molar-refractivity contribution is 6.31. The van der Waals surface area contributed by atoms with Gasteiger partial charge in [0.05, 0.1) is 6.04 Å². The summed E-state index contributed by atoms with van der Waals surface area (Å²) in [6, 6.07) is 2.07. The number of halogens is 4. The van der Waals surface area contributed by atoms with Crippen LogP contribution in [0.2, 0.25) is 5.02 Å². The summed E-state index contributed by atoms with van der Waals surface area (Å²) in [5.41, 5.74) is 5.84. The van der Waals surface area contributed by atoms with Crippen LogP contribution in [0.25, 0.3) is 0 Å². The summed E-state index contributed by atoms with van der Waals surface area (Å²) in [5, 5.41) is 0.174. The lowest BCUT2D eigenvalue weighted by Gasteiger charge is -2.12. The lowest BCUT2D eigenvalue weighted by molar-refractivity contribution is 0.426. The molecule has 0 aliphatic heterocycles. The Morgan fingerprint density at radius 3 is 2.57 bits per heavy atom. The van der Waals surface area contributed by atoms with Crippen molar-refractivity contribution < 1.29 is 8.78 Å². The minimum atomic E-state index is -0.979. The Bertz CT molecular complexity index is 318. The zero-order valence-corrected chi connectivity index (χ0v) is 9.13. The molecule has 1 aromatic rings. The van der Waals surface area contributed by atoms with E-state index in [1.54, 1.807) is 6.92 Å². The van der Waals surface area contributed by atoms with E-state index in [1.807, 2.05) is 0 Å². The summed E-state index contributed by atoms with van der Waals surface area (Å²) in [7, 11) is 0. The molecular formula is C9H11Cl2F2N. The Hall–Kier alpha value is -0.380. The first-order chi connectivity index (χ1) is 6.07. The van der Waals surface area contributed by atoms with Crippen molar-refractivity contribution in [2.75, 3.05) is 6.67 Å². The molecule has 0 saturated heterocycles. The van der Waals surface area contributed by atoms with Gasteiger partial charge in [0, 0.05) is 10.6 Å². The Labute approximate surface area is 92.7 Å². The van der Waals surface area contributed by atoms with Gasteiger partial charge in [-0.25, -0.2) is 8.78 Å². The van der Waals surface area contributed by atoms with E-state index >= 15 is 0 Å². The van der Waals surface area contributed by atoms with Crippen LogP contribution in [0.3, 0.4) is 0 Å². The molecule has 80 valence electrons. The molecule has 0 saturated carbocycles. The summed E-state index contributed by atoms with van der Waals surface area (Å²) in [4.78, 5) is 0. The zero-order chi connectivity index (χ0) is 10.0. The Balaban J connectivity index is 0.00000169. The van der Waals surface area contributed by atoms with E-state index in [0.717, 1.165) is 0 Å². The summed E-state index contributed by atoms with van der Waals surface area (Å²) in [6.45, 7) is 0.764. The fraction of sp³-hybridized carbons (Fsp3) is 0.333. The summed E-state index contributed by atoms with van der Waals surface area (Å²) in [5.74, 6) is -0.516.